The molecule has 0 unspecified atom stereocenters. The van der Waals surface area contributed by atoms with Crippen LogP contribution in [0.2, 0.25) is 0 Å². The van der Waals surface area contributed by atoms with Gasteiger partial charge in [0, 0.05) is 10.5 Å². The summed E-state index contributed by atoms with van der Waals surface area (Å²) in [5.74, 6) is -0.468. The number of fused-ring (bicyclic) bond motifs is 1. The van der Waals surface area contributed by atoms with Crippen molar-refractivity contribution in [2.24, 2.45) is 0 Å². The van der Waals surface area contributed by atoms with E-state index in [2.05, 4.69) is 16.2 Å². The molecule has 3 N–H and O–H groups in total. The Bertz CT molecular complexity index is 900. The molecule has 0 spiro atoms. The van der Waals surface area contributed by atoms with Crippen molar-refractivity contribution < 1.29 is 19.1 Å². The van der Waals surface area contributed by atoms with Gasteiger partial charge in [-0.25, -0.2) is 0 Å². The van der Waals surface area contributed by atoms with Gasteiger partial charge in [-0.3, -0.25) is 25.2 Å². The molecule has 2 aromatic rings. The van der Waals surface area contributed by atoms with E-state index in [-0.39, 0.29) is 17.8 Å². The molecular formula is C19H19N3O4S. The Kier molecular flexibility index (Phi) is 5.66. The Morgan fingerprint density at radius 1 is 1.19 bits per heavy atom. The van der Waals surface area contributed by atoms with Crippen LogP contribution in [0.1, 0.15) is 22.8 Å². The third kappa shape index (κ3) is 4.59. The minimum Gasteiger partial charge on any atom is -0.483 e. The van der Waals surface area contributed by atoms with Crippen molar-refractivity contribution in [2.75, 3.05) is 11.9 Å². The van der Waals surface area contributed by atoms with Crippen molar-refractivity contribution in [3.63, 3.8) is 0 Å². The number of thioether (sulfide) groups is 1. The Morgan fingerprint density at radius 3 is 2.74 bits per heavy atom. The summed E-state index contributed by atoms with van der Waals surface area (Å²) < 4.78 is 5.42. The number of carbonyl (C=O) groups excluding carboxylic acids is 3. The van der Waals surface area contributed by atoms with E-state index in [1.54, 1.807) is 24.3 Å². The molecule has 0 fully saturated rings. The highest BCUT2D eigenvalue weighted by atomic mass is 32.2. The van der Waals surface area contributed by atoms with Crippen molar-refractivity contribution in [2.45, 2.75) is 24.0 Å². The molecule has 1 atom stereocenters. The van der Waals surface area contributed by atoms with Gasteiger partial charge in [-0.1, -0.05) is 18.2 Å². The number of hydrazine groups is 1. The van der Waals surface area contributed by atoms with Crippen molar-refractivity contribution in [3.05, 3.63) is 53.6 Å². The molecule has 1 heterocycles. The smallest absolute Gasteiger partial charge is 0.276 e. The number of aryl methyl sites for hydroxylation is 1. The number of amides is 3. The molecule has 0 saturated heterocycles. The van der Waals surface area contributed by atoms with Crippen molar-refractivity contribution in [1.82, 2.24) is 10.9 Å². The van der Waals surface area contributed by atoms with Crippen LogP contribution in [0.4, 0.5) is 5.69 Å². The van der Waals surface area contributed by atoms with E-state index in [9.17, 15) is 14.4 Å². The van der Waals surface area contributed by atoms with Crippen LogP contribution in [-0.4, -0.2) is 29.6 Å². The number of rotatable bonds is 4. The lowest BCUT2D eigenvalue weighted by Gasteiger charge is -2.21. The Labute approximate surface area is 160 Å². The maximum absolute atomic E-state index is 12.2. The molecule has 0 aliphatic carbocycles. The molecule has 1 aliphatic heterocycles. The number of nitrogens with one attached hydrogen (secondary N) is 3. The van der Waals surface area contributed by atoms with E-state index >= 15 is 0 Å². The maximum atomic E-state index is 12.2. The van der Waals surface area contributed by atoms with Crippen LogP contribution in [0.15, 0.2) is 47.4 Å². The van der Waals surface area contributed by atoms with Crippen LogP contribution in [0.5, 0.6) is 5.75 Å². The molecule has 27 heavy (non-hydrogen) atoms. The topological polar surface area (TPSA) is 96.5 Å². The molecule has 0 aromatic heterocycles. The lowest BCUT2D eigenvalue weighted by atomic mass is 10.2. The van der Waals surface area contributed by atoms with E-state index in [4.69, 9.17) is 4.74 Å². The molecule has 1 aliphatic rings. The summed E-state index contributed by atoms with van der Waals surface area (Å²) >= 11 is 1.43. The van der Waals surface area contributed by atoms with Gasteiger partial charge in [-0.15, -0.1) is 11.8 Å². The predicted molar refractivity (Wildman–Crippen MR) is 103 cm³/mol. The highest BCUT2D eigenvalue weighted by Crippen LogP contribution is 2.35. The average Bonchev–Trinajstić information content (AvgIpc) is 2.66. The summed E-state index contributed by atoms with van der Waals surface area (Å²) in [5.41, 5.74) is 6.47. The quantitative estimate of drug-likeness (QED) is 0.702. The van der Waals surface area contributed by atoms with Crippen LogP contribution in [-0.2, 0) is 9.59 Å². The number of hydrogen-bond donors (Lipinski definition) is 3. The van der Waals surface area contributed by atoms with E-state index in [1.165, 1.54) is 11.8 Å². The van der Waals surface area contributed by atoms with Crippen LogP contribution < -0.4 is 20.9 Å². The Hall–Kier alpha value is -3.00. The zero-order valence-electron chi connectivity index (χ0n) is 14.9. The first-order valence-electron chi connectivity index (χ1n) is 8.33. The first-order valence-corrected chi connectivity index (χ1v) is 9.21. The molecule has 2 aromatic carbocycles. The molecule has 140 valence electrons. The minimum atomic E-state index is -0.486. The monoisotopic (exact) mass is 385 g/mol. The van der Waals surface area contributed by atoms with E-state index in [0.29, 0.717) is 17.0 Å². The number of anilines is 1. The molecule has 0 radical (unpaired) electrons. The van der Waals surface area contributed by atoms with E-state index in [1.807, 2.05) is 32.0 Å². The summed E-state index contributed by atoms with van der Waals surface area (Å²) in [5, 5.41) is 2.59. The fourth-order valence-electron chi connectivity index (χ4n) is 2.45. The second-order valence-electron chi connectivity index (χ2n) is 6.02. The molecule has 3 rings (SSSR count). The zero-order valence-corrected chi connectivity index (χ0v) is 15.7. The largest absolute Gasteiger partial charge is 0.483 e. The van der Waals surface area contributed by atoms with Crippen LogP contribution in [0, 0.1) is 6.92 Å². The zero-order chi connectivity index (χ0) is 19.4. The first-order chi connectivity index (χ1) is 12.9. The SMILES string of the molecule is Cc1ccccc1OCC(=O)NNC(=O)c1ccc2c(c1)NC(=O)[C@H](C)S2. The predicted octanol–water partition coefficient (Wildman–Crippen LogP) is 2.27. The number of ether oxygens (including phenoxy) is 1. The minimum absolute atomic E-state index is 0.105. The molecule has 0 saturated carbocycles. The summed E-state index contributed by atoms with van der Waals surface area (Å²) in [6.45, 7) is 3.47. The van der Waals surface area contributed by atoms with Crippen molar-refractivity contribution in [3.8, 4) is 5.75 Å². The van der Waals surface area contributed by atoms with Gasteiger partial charge in [0.2, 0.25) is 5.91 Å². The van der Waals surface area contributed by atoms with Crippen molar-refractivity contribution >= 4 is 35.2 Å². The molecule has 0 bridgehead atoms. The summed E-state index contributed by atoms with van der Waals surface area (Å²) in [6.07, 6.45) is 0. The normalized spacial score (nSPS) is 15.3. The standard InChI is InChI=1S/C19H19N3O4S/c1-11-5-3-4-6-15(11)26-10-17(23)21-22-19(25)13-7-8-16-14(9-13)20-18(24)12(2)27-16/h3-9,12H,10H2,1-2H3,(H,20,24)(H,21,23)(H,22,25)/t12-/m0/s1. The highest BCUT2D eigenvalue weighted by Gasteiger charge is 2.23. The Morgan fingerprint density at radius 2 is 1.96 bits per heavy atom. The van der Waals surface area contributed by atoms with Crippen LogP contribution in [0.25, 0.3) is 0 Å². The van der Waals surface area contributed by atoms with Gasteiger partial charge in [-0.05, 0) is 43.7 Å². The lowest BCUT2D eigenvalue weighted by Crippen LogP contribution is -2.43. The first kappa shape index (κ1) is 18.8. The fraction of sp³-hybridized carbons (Fsp3) is 0.211. The van der Waals surface area contributed by atoms with E-state index < -0.39 is 11.8 Å². The van der Waals surface area contributed by atoms with Crippen molar-refractivity contribution in [1.29, 1.82) is 0 Å². The van der Waals surface area contributed by atoms with Gasteiger partial charge in [0.15, 0.2) is 6.61 Å². The molecule has 3 amide bonds. The van der Waals surface area contributed by atoms with E-state index in [0.717, 1.165) is 10.5 Å². The number of hydrogen-bond acceptors (Lipinski definition) is 5. The second-order valence-corrected chi connectivity index (χ2v) is 7.40. The van der Waals surface area contributed by atoms with Crippen LogP contribution in [0.3, 0.4) is 0 Å². The second kappa shape index (κ2) is 8.13. The molecule has 8 heteroatoms. The average molecular weight is 385 g/mol. The number of carbonyl (C=O) groups is 3. The van der Waals surface area contributed by atoms with Crippen LogP contribution >= 0.6 is 11.8 Å². The summed E-state index contributed by atoms with van der Waals surface area (Å²) in [7, 11) is 0. The number of benzene rings is 2. The highest BCUT2D eigenvalue weighted by molar-refractivity contribution is 8.00. The van der Waals surface area contributed by atoms with Gasteiger partial charge in [0.05, 0.1) is 10.9 Å². The summed E-state index contributed by atoms with van der Waals surface area (Å²) in [6, 6.07) is 12.3. The molecular weight excluding hydrogens is 366 g/mol. The van der Waals surface area contributed by atoms with Gasteiger partial charge >= 0.3 is 0 Å². The Balaban J connectivity index is 1.53. The van der Waals surface area contributed by atoms with Gasteiger partial charge < -0.3 is 10.1 Å². The summed E-state index contributed by atoms with van der Waals surface area (Å²) in [4.78, 5) is 36.7. The number of para-hydroxylation sites is 1. The van der Waals surface area contributed by atoms with Gasteiger partial charge in [-0.2, -0.15) is 0 Å². The third-order valence-corrected chi connectivity index (χ3v) is 5.12. The lowest BCUT2D eigenvalue weighted by molar-refractivity contribution is -0.123. The van der Waals surface area contributed by atoms with Gasteiger partial charge in [0.1, 0.15) is 5.75 Å². The molecule has 7 nitrogen and oxygen atoms in total. The third-order valence-electron chi connectivity index (χ3n) is 3.94. The fourth-order valence-corrected chi connectivity index (χ4v) is 3.38. The maximum Gasteiger partial charge on any atom is 0.276 e. The van der Waals surface area contributed by atoms with Gasteiger partial charge in [0.25, 0.3) is 11.8 Å².